The Kier molecular flexibility index (Phi) is 6.69. The molecule has 3 aromatic rings. The molecule has 0 saturated carbocycles. The van der Waals surface area contributed by atoms with Crippen molar-refractivity contribution in [1.82, 2.24) is 0 Å². The van der Waals surface area contributed by atoms with Crippen LogP contribution in [0, 0.1) is 0 Å². The smallest absolute Gasteiger partial charge is 0.128 e. The van der Waals surface area contributed by atoms with Gasteiger partial charge in [0.15, 0.2) is 0 Å². The van der Waals surface area contributed by atoms with E-state index in [1.54, 1.807) is 6.08 Å². The molecule has 0 aliphatic rings. The summed E-state index contributed by atoms with van der Waals surface area (Å²) in [6.45, 7) is 1.95. The highest BCUT2D eigenvalue weighted by atomic mass is 79.9. The summed E-state index contributed by atoms with van der Waals surface area (Å²) >= 11 is 3.42. The number of aliphatic hydroxyl groups is 1. The van der Waals surface area contributed by atoms with Crippen LogP contribution in [0.1, 0.15) is 6.92 Å². The predicted molar refractivity (Wildman–Crippen MR) is 112 cm³/mol. The van der Waals surface area contributed by atoms with E-state index >= 15 is 0 Å². The van der Waals surface area contributed by atoms with Gasteiger partial charge in [-0.25, -0.2) is 0 Å². The van der Waals surface area contributed by atoms with E-state index < -0.39 is 0 Å². The van der Waals surface area contributed by atoms with Crippen molar-refractivity contribution in [2.75, 3.05) is 6.61 Å². The highest BCUT2D eigenvalue weighted by Crippen LogP contribution is 2.32. The Morgan fingerprint density at radius 1 is 0.926 bits per heavy atom. The van der Waals surface area contributed by atoms with Gasteiger partial charge in [-0.3, -0.25) is 0 Å². The molecular formula is C23H21BrO3. The zero-order chi connectivity index (χ0) is 19.1. The van der Waals surface area contributed by atoms with Gasteiger partial charge in [0.05, 0.1) is 6.61 Å². The normalized spacial score (nSPS) is 12.1. The Bertz CT molecular complexity index is 886. The Balaban J connectivity index is 1.77. The zero-order valence-electron chi connectivity index (χ0n) is 15.0. The molecule has 0 aliphatic heterocycles. The van der Waals surface area contributed by atoms with Gasteiger partial charge in [-0.15, -0.1) is 0 Å². The van der Waals surface area contributed by atoms with E-state index in [2.05, 4.69) is 15.9 Å². The second-order valence-corrected chi connectivity index (χ2v) is 6.93. The topological polar surface area (TPSA) is 38.7 Å². The van der Waals surface area contributed by atoms with Crippen LogP contribution < -0.4 is 9.47 Å². The maximum absolute atomic E-state index is 8.90. The molecule has 0 spiro atoms. The third-order valence-corrected chi connectivity index (χ3v) is 4.46. The van der Waals surface area contributed by atoms with Crippen LogP contribution in [0.25, 0.3) is 11.1 Å². The first-order chi connectivity index (χ1) is 13.2. The lowest BCUT2D eigenvalue weighted by atomic mass is 10.0. The maximum atomic E-state index is 8.90. The standard InChI is InChI=1S/C23H21BrO3/c1-17(5-4-16-25)26-23-7-3-2-6-22(23)18-8-12-20(13-9-18)27-21-14-10-19(24)11-15-21/h2-15,17,25H,16H2,1H3. The monoisotopic (exact) mass is 424 g/mol. The van der Waals surface area contributed by atoms with Crippen LogP contribution >= 0.6 is 15.9 Å². The molecule has 0 amide bonds. The average Bonchev–Trinajstić information content (AvgIpc) is 2.69. The van der Waals surface area contributed by atoms with Crippen molar-refractivity contribution in [2.45, 2.75) is 13.0 Å². The molecule has 4 heteroatoms. The molecule has 0 aliphatic carbocycles. The molecule has 1 atom stereocenters. The second kappa shape index (κ2) is 9.40. The summed E-state index contributed by atoms with van der Waals surface area (Å²) in [6, 6.07) is 23.6. The van der Waals surface area contributed by atoms with E-state index in [0.717, 1.165) is 32.8 Å². The summed E-state index contributed by atoms with van der Waals surface area (Å²) in [5.74, 6) is 2.37. The predicted octanol–water partition coefficient (Wildman–Crippen LogP) is 6.22. The number of halogens is 1. The van der Waals surface area contributed by atoms with Crippen LogP contribution in [0.5, 0.6) is 17.2 Å². The summed E-state index contributed by atoms with van der Waals surface area (Å²) in [7, 11) is 0. The van der Waals surface area contributed by atoms with E-state index in [4.69, 9.17) is 14.6 Å². The molecular weight excluding hydrogens is 404 g/mol. The molecule has 1 unspecified atom stereocenters. The first kappa shape index (κ1) is 19.2. The van der Waals surface area contributed by atoms with Crippen molar-refractivity contribution in [3.05, 3.63) is 89.4 Å². The van der Waals surface area contributed by atoms with Gasteiger partial charge in [-0.1, -0.05) is 52.3 Å². The number of hydrogen-bond donors (Lipinski definition) is 1. The number of para-hydroxylation sites is 1. The number of hydrogen-bond acceptors (Lipinski definition) is 3. The molecule has 3 rings (SSSR count). The van der Waals surface area contributed by atoms with Crippen molar-refractivity contribution in [1.29, 1.82) is 0 Å². The minimum absolute atomic E-state index is 0.00910. The second-order valence-electron chi connectivity index (χ2n) is 6.01. The molecule has 3 nitrogen and oxygen atoms in total. The van der Waals surface area contributed by atoms with Crippen molar-refractivity contribution in [3.8, 4) is 28.4 Å². The van der Waals surface area contributed by atoms with Gasteiger partial charge in [0.25, 0.3) is 0 Å². The summed E-state index contributed by atoms with van der Waals surface area (Å²) in [5, 5.41) is 8.90. The van der Waals surface area contributed by atoms with Gasteiger partial charge in [-0.2, -0.15) is 0 Å². The van der Waals surface area contributed by atoms with Crippen LogP contribution in [0.4, 0.5) is 0 Å². The van der Waals surface area contributed by atoms with Gasteiger partial charge < -0.3 is 14.6 Å². The van der Waals surface area contributed by atoms with E-state index in [0.29, 0.717) is 0 Å². The first-order valence-electron chi connectivity index (χ1n) is 8.73. The van der Waals surface area contributed by atoms with Crippen LogP contribution in [0.2, 0.25) is 0 Å². The molecule has 1 N–H and O–H groups in total. The maximum Gasteiger partial charge on any atom is 0.128 e. The van der Waals surface area contributed by atoms with Gasteiger partial charge in [0.1, 0.15) is 23.4 Å². The van der Waals surface area contributed by atoms with E-state index in [-0.39, 0.29) is 12.7 Å². The molecule has 0 bridgehead atoms. The average molecular weight is 425 g/mol. The highest BCUT2D eigenvalue weighted by molar-refractivity contribution is 9.10. The van der Waals surface area contributed by atoms with Crippen molar-refractivity contribution in [3.63, 3.8) is 0 Å². The van der Waals surface area contributed by atoms with Gasteiger partial charge in [-0.05, 0) is 61.0 Å². The zero-order valence-corrected chi connectivity index (χ0v) is 16.6. The molecule has 0 radical (unpaired) electrons. The van der Waals surface area contributed by atoms with E-state index in [1.807, 2.05) is 85.8 Å². The van der Waals surface area contributed by atoms with Crippen molar-refractivity contribution >= 4 is 15.9 Å². The molecule has 138 valence electrons. The molecule has 0 fully saturated rings. The van der Waals surface area contributed by atoms with Crippen molar-refractivity contribution in [2.24, 2.45) is 0 Å². The van der Waals surface area contributed by atoms with E-state index in [1.165, 1.54) is 0 Å². The van der Waals surface area contributed by atoms with E-state index in [9.17, 15) is 0 Å². The summed E-state index contributed by atoms with van der Waals surface area (Å²) < 4.78 is 12.9. The molecule has 27 heavy (non-hydrogen) atoms. The molecule has 0 heterocycles. The molecule has 0 aromatic heterocycles. The third kappa shape index (κ3) is 5.46. The van der Waals surface area contributed by atoms with Crippen molar-refractivity contribution < 1.29 is 14.6 Å². The number of ether oxygens (including phenoxy) is 2. The first-order valence-corrected chi connectivity index (χ1v) is 9.52. The fraction of sp³-hybridized carbons (Fsp3) is 0.130. The Morgan fingerprint density at radius 2 is 1.56 bits per heavy atom. The van der Waals surface area contributed by atoms with Gasteiger partial charge >= 0.3 is 0 Å². The Morgan fingerprint density at radius 3 is 2.22 bits per heavy atom. The fourth-order valence-corrected chi connectivity index (χ4v) is 2.91. The van der Waals surface area contributed by atoms with Crippen LogP contribution in [0.3, 0.4) is 0 Å². The lowest BCUT2D eigenvalue weighted by molar-refractivity contribution is 0.268. The quantitative estimate of drug-likeness (QED) is 0.457. The van der Waals surface area contributed by atoms with Crippen LogP contribution in [0.15, 0.2) is 89.4 Å². The van der Waals surface area contributed by atoms with Gasteiger partial charge in [0.2, 0.25) is 0 Å². The number of rotatable bonds is 7. The van der Waals surface area contributed by atoms with Crippen LogP contribution in [-0.2, 0) is 0 Å². The highest BCUT2D eigenvalue weighted by Gasteiger charge is 2.08. The largest absolute Gasteiger partial charge is 0.486 e. The molecule has 3 aromatic carbocycles. The number of aliphatic hydroxyl groups excluding tert-OH is 1. The minimum atomic E-state index is -0.127. The third-order valence-electron chi connectivity index (χ3n) is 3.93. The van der Waals surface area contributed by atoms with Gasteiger partial charge in [0, 0.05) is 10.0 Å². The lowest BCUT2D eigenvalue weighted by Crippen LogP contribution is -2.09. The number of benzene rings is 3. The lowest BCUT2D eigenvalue weighted by Gasteiger charge is -2.15. The Hall–Kier alpha value is -2.56. The SMILES string of the molecule is CC(C=CCO)Oc1ccccc1-c1ccc(Oc2ccc(Br)cc2)cc1. The molecule has 0 saturated heterocycles. The summed E-state index contributed by atoms with van der Waals surface area (Å²) in [5.41, 5.74) is 2.06. The summed E-state index contributed by atoms with van der Waals surface area (Å²) in [6.07, 6.45) is 3.39. The fourth-order valence-electron chi connectivity index (χ4n) is 2.64. The minimum Gasteiger partial charge on any atom is -0.486 e. The summed E-state index contributed by atoms with van der Waals surface area (Å²) in [4.78, 5) is 0. The van der Waals surface area contributed by atoms with Crippen LogP contribution in [-0.4, -0.2) is 17.8 Å². The Labute approximate surface area is 168 Å².